The molecule has 0 aliphatic carbocycles. The van der Waals surface area contributed by atoms with Crippen LogP contribution in [0.4, 0.5) is 0 Å². The van der Waals surface area contributed by atoms with Crippen molar-refractivity contribution in [1.82, 2.24) is 0 Å². The van der Waals surface area contributed by atoms with Gasteiger partial charge in [0.05, 0.1) is 0 Å². The second-order valence-electron chi connectivity index (χ2n) is 1.94. The second-order valence-corrected chi connectivity index (χ2v) is 1.94. The molecule has 0 spiro atoms. The van der Waals surface area contributed by atoms with Gasteiger partial charge in [-0.25, -0.2) is 0 Å². The van der Waals surface area contributed by atoms with E-state index in [0.717, 1.165) is 25.0 Å². The van der Waals surface area contributed by atoms with E-state index in [1.54, 1.807) is 0 Å². The molecule has 0 fully saturated rings. The maximum absolute atomic E-state index is 5.56. The monoisotopic (exact) mass is 113 g/mol. The molecule has 2 N–H and O–H groups in total. The Morgan fingerprint density at radius 3 is 2.50 bits per heavy atom. The van der Waals surface area contributed by atoms with Crippen LogP contribution in [0.5, 0.6) is 0 Å². The fourth-order valence-corrected chi connectivity index (χ4v) is 0.653. The van der Waals surface area contributed by atoms with Crippen molar-refractivity contribution in [3.05, 3.63) is 11.8 Å². The largest absolute Gasteiger partial charge is 0.402 e. The molecule has 0 aliphatic heterocycles. The Morgan fingerprint density at radius 2 is 2.12 bits per heavy atom. The van der Waals surface area contributed by atoms with Gasteiger partial charge in [0.1, 0.15) is 0 Å². The molecule has 0 saturated heterocycles. The average molecular weight is 113 g/mol. The van der Waals surface area contributed by atoms with Gasteiger partial charge in [-0.15, -0.1) is 0 Å². The van der Waals surface area contributed by atoms with E-state index in [0.29, 0.717) is 0 Å². The van der Waals surface area contributed by atoms with Gasteiger partial charge < -0.3 is 5.73 Å². The van der Waals surface area contributed by atoms with Crippen molar-refractivity contribution < 1.29 is 0 Å². The quantitative estimate of drug-likeness (QED) is 0.595. The summed E-state index contributed by atoms with van der Waals surface area (Å²) in [4.78, 5) is 0. The van der Waals surface area contributed by atoms with Crippen molar-refractivity contribution in [2.45, 2.75) is 33.1 Å². The average Bonchev–Trinajstić information content (AvgIpc) is 1.68. The van der Waals surface area contributed by atoms with Gasteiger partial charge in [-0.2, -0.15) is 0 Å². The molecule has 0 atom stereocenters. The molecule has 1 heteroatoms. The Morgan fingerprint density at radius 1 is 1.50 bits per heavy atom. The first kappa shape index (κ1) is 7.54. The lowest BCUT2D eigenvalue weighted by atomic mass is 10.2. The molecular formula is C7H15N. The Bertz CT molecular complexity index is 74.5. The summed E-state index contributed by atoms with van der Waals surface area (Å²) in [5, 5.41) is 0. The fourth-order valence-electron chi connectivity index (χ4n) is 0.653. The molecule has 0 bridgehead atoms. The molecule has 0 rings (SSSR count). The first-order chi connectivity index (χ1) is 3.81. The predicted octanol–water partition coefficient (Wildman–Crippen LogP) is 2.04. The topological polar surface area (TPSA) is 26.0 Å². The minimum absolute atomic E-state index is 1.04. The number of hydrogen-bond acceptors (Lipinski definition) is 1. The van der Waals surface area contributed by atoms with E-state index in [1.165, 1.54) is 0 Å². The minimum atomic E-state index is 1.04. The molecular weight excluding hydrogens is 98.1 g/mol. The van der Waals surface area contributed by atoms with Crippen LogP contribution in [0.3, 0.4) is 0 Å². The summed E-state index contributed by atoms with van der Waals surface area (Å²) in [6, 6.07) is 0. The summed E-state index contributed by atoms with van der Waals surface area (Å²) >= 11 is 0. The Kier molecular flexibility index (Phi) is 4.42. The molecule has 0 unspecified atom stereocenters. The van der Waals surface area contributed by atoms with E-state index in [-0.39, 0.29) is 0 Å². The number of rotatable bonds is 3. The molecule has 0 aromatic heterocycles. The van der Waals surface area contributed by atoms with E-state index in [9.17, 15) is 0 Å². The maximum atomic E-state index is 5.56. The lowest BCUT2D eigenvalue weighted by Gasteiger charge is -1.93. The van der Waals surface area contributed by atoms with Crippen LogP contribution >= 0.6 is 0 Å². The molecule has 0 aromatic rings. The van der Waals surface area contributed by atoms with Crippen molar-refractivity contribution in [2.24, 2.45) is 5.73 Å². The second kappa shape index (κ2) is 4.69. The number of nitrogens with two attached hydrogens (primary N) is 1. The zero-order valence-corrected chi connectivity index (χ0v) is 5.78. The van der Waals surface area contributed by atoms with Crippen LogP contribution in [0.1, 0.15) is 33.1 Å². The Hall–Kier alpha value is -0.460. The van der Waals surface area contributed by atoms with Crippen LogP contribution in [0.25, 0.3) is 0 Å². The minimum Gasteiger partial charge on any atom is -0.402 e. The highest BCUT2D eigenvalue weighted by Gasteiger charge is 1.82. The van der Waals surface area contributed by atoms with Crippen LogP contribution < -0.4 is 5.73 Å². The van der Waals surface area contributed by atoms with Crippen LogP contribution in [0.2, 0.25) is 0 Å². The summed E-state index contributed by atoms with van der Waals surface area (Å²) < 4.78 is 0. The summed E-state index contributed by atoms with van der Waals surface area (Å²) in [5.74, 6) is 0. The third-order valence-corrected chi connectivity index (χ3v) is 1.00. The van der Waals surface area contributed by atoms with E-state index in [2.05, 4.69) is 19.9 Å². The summed E-state index contributed by atoms with van der Waals surface area (Å²) in [7, 11) is 0. The van der Waals surface area contributed by atoms with Gasteiger partial charge in [-0.3, -0.25) is 0 Å². The summed E-state index contributed by atoms with van der Waals surface area (Å²) in [6.07, 6.45) is 5.34. The van der Waals surface area contributed by atoms with Crippen molar-refractivity contribution in [1.29, 1.82) is 0 Å². The molecule has 0 amide bonds. The lowest BCUT2D eigenvalue weighted by Crippen LogP contribution is -1.94. The number of hydrogen-bond donors (Lipinski definition) is 1. The van der Waals surface area contributed by atoms with Crippen molar-refractivity contribution in [3.8, 4) is 0 Å². The molecule has 0 saturated carbocycles. The first-order valence-electron chi connectivity index (χ1n) is 3.25. The van der Waals surface area contributed by atoms with Crippen molar-refractivity contribution >= 4 is 0 Å². The lowest BCUT2D eigenvalue weighted by molar-refractivity contribution is 0.883. The van der Waals surface area contributed by atoms with Gasteiger partial charge >= 0.3 is 0 Å². The summed E-state index contributed by atoms with van der Waals surface area (Å²) in [6.45, 7) is 4.23. The SMILES string of the molecule is CC/C=C(\N)CCC. The zero-order chi connectivity index (χ0) is 6.41. The highest BCUT2D eigenvalue weighted by molar-refractivity contribution is 4.94. The Balaban J connectivity index is 3.29. The molecule has 48 valence electrons. The normalized spacial score (nSPS) is 12.0. The van der Waals surface area contributed by atoms with Crippen LogP contribution in [0.15, 0.2) is 11.8 Å². The highest BCUT2D eigenvalue weighted by atomic mass is 14.6. The van der Waals surface area contributed by atoms with Gasteiger partial charge in [0.15, 0.2) is 0 Å². The van der Waals surface area contributed by atoms with Gasteiger partial charge in [-0.1, -0.05) is 26.3 Å². The standard InChI is InChI=1S/C7H15N/c1-3-5-7(8)6-4-2/h5H,3-4,6,8H2,1-2H3/b7-5-. The zero-order valence-electron chi connectivity index (χ0n) is 5.78. The molecule has 0 heterocycles. The van der Waals surface area contributed by atoms with Gasteiger partial charge in [0.25, 0.3) is 0 Å². The fraction of sp³-hybridized carbons (Fsp3) is 0.714. The van der Waals surface area contributed by atoms with E-state index in [4.69, 9.17) is 5.73 Å². The van der Waals surface area contributed by atoms with E-state index in [1.807, 2.05) is 0 Å². The highest BCUT2D eigenvalue weighted by Crippen LogP contribution is 1.96. The summed E-state index contributed by atoms with van der Waals surface area (Å²) in [5.41, 5.74) is 6.59. The Labute approximate surface area is 51.6 Å². The van der Waals surface area contributed by atoms with E-state index >= 15 is 0 Å². The predicted molar refractivity (Wildman–Crippen MR) is 37.5 cm³/mol. The molecule has 1 nitrogen and oxygen atoms in total. The smallest absolute Gasteiger partial charge is 0.00397 e. The third-order valence-electron chi connectivity index (χ3n) is 1.00. The maximum Gasteiger partial charge on any atom is 0.00397 e. The van der Waals surface area contributed by atoms with Crippen molar-refractivity contribution in [3.63, 3.8) is 0 Å². The van der Waals surface area contributed by atoms with Crippen molar-refractivity contribution in [2.75, 3.05) is 0 Å². The molecule has 0 aliphatic rings. The third kappa shape index (κ3) is 3.72. The van der Waals surface area contributed by atoms with Gasteiger partial charge in [0, 0.05) is 5.70 Å². The molecule has 8 heavy (non-hydrogen) atoms. The van der Waals surface area contributed by atoms with Crippen LogP contribution in [-0.4, -0.2) is 0 Å². The van der Waals surface area contributed by atoms with Gasteiger partial charge in [0.2, 0.25) is 0 Å². The van der Waals surface area contributed by atoms with Crippen LogP contribution in [-0.2, 0) is 0 Å². The number of allylic oxidation sites excluding steroid dienone is 2. The van der Waals surface area contributed by atoms with Gasteiger partial charge in [-0.05, 0) is 12.8 Å². The van der Waals surface area contributed by atoms with E-state index < -0.39 is 0 Å². The molecule has 0 aromatic carbocycles. The van der Waals surface area contributed by atoms with Crippen LogP contribution in [0, 0.1) is 0 Å². The first-order valence-corrected chi connectivity index (χ1v) is 3.25. The molecule has 0 radical (unpaired) electrons.